The molecule has 0 spiro atoms. The first-order valence-electron chi connectivity index (χ1n) is 9.75. The number of nitrogens with one attached hydrogen (secondary N) is 1. The highest BCUT2D eigenvalue weighted by molar-refractivity contribution is 5.95. The molecule has 1 aromatic heterocycles. The minimum atomic E-state index is -0.430. The van der Waals surface area contributed by atoms with Gasteiger partial charge in [0.05, 0.1) is 18.2 Å². The number of methoxy groups -OCH3 is 1. The summed E-state index contributed by atoms with van der Waals surface area (Å²) >= 11 is 0. The maximum Gasteiger partial charge on any atom is 0.311 e. The molecule has 1 aromatic carbocycles. The van der Waals surface area contributed by atoms with Gasteiger partial charge >= 0.3 is 5.97 Å². The van der Waals surface area contributed by atoms with Crippen LogP contribution in [0, 0.1) is 17.3 Å². The maximum absolute atomic E-state index is 13.1. The van der Waals surface area contributed by atoms with Crippen LogP contribution in [-0.2, 0) is 9.53 Å². The summed E-state index contributed by atoms with van der Waals surface area (Å²) in [6.07, 6.45) is 7.01. The van der Waals surface area contributed by atoms with Gasteiger partial charge in [-0.1, -0.05) is 6.07 Å². The highest BCUT2D eigenvalue weighted by atomic mass is 16.5. The summed E-state index contributed by atoms with van der Waals surface area (Å²) < 4.78 is 6.68. The lowest BCUT2D eigenvalue weighted by molar-refractivity contribution is -0.171. The maximum atomic E-state index is 13.1. The molecule has 28 heavy (non-hydrogen) atoms. The van der Waals surface area contributed by atoms with Gasteiger partial charge in [-0.2, -0.15) is 0 Å². The summed E-state index contributed by atoms with van der Waals surface area (Å²) in [6.45, 7) is 0. The van der Waals surface area contributed by atoms with Crippen LogP contribution in [0.5, 0.6) is 0 Å². The summed E-state index contributed by atoms with van der Waals surface area (Å²) in [5, 5.41) is 14.5. The van der Waals surface area contributed by atoms with Gasteiger partial charge in [0.1, 0.15) is 6.33 Å². The van der Waals surface area contributed by atoms with Crippen LogP contribution in [0.25, 0.3) is 5.69 Å². The number of nitrogens with zero attached hydrogens (tertiary/aromatic N) is 4. The van der Waals surface area contributed by atoms with Gasteiger partial charge in [-0.05, 0) is 79.0 Å². The van der Waals surface area contributed by atoms with Crippen molar-refractivity contribution >= 4 is 11.9 Å². The Balaban J connectivity index is 1.41. The van der Waals surface area contributed by atoms with Gasteiger partial charge < -0.3 is 10.1 Å². The molecule has 0 radical (unpaired) electrons. The molecule has 2 atom stereocenters. The number of esters is 1. The first kappa shape index (κ1) is 17.3. The van der Waals surface area contributed by atoms with Gasteiger partial charge in [-0.25, -0.2) is 4.68 Å². The molecule has 0 aliphatic heterocycles. The van der Waals surface area contributed by atoms with Crippen molar-refractivity contribution in [3.8, 4) is 5.69 Å². The van der Waals surface area contributed by atoms with Crippen molar-refractivity contribution in [3.05, 3.63) is 36.2 Å². The molecule has 4 bridgehead atoms. The second-order valence-corrected chi connectivity index (χ2v) is 8.77. The molecule has 0 saturated heterocycles. The third-order valence-electron chi connectivity index (χ3n) is 6.78. The topological polar surface area (TPSA) is 99.0 Å². The van der Waals surface area contributed by atoms with Crippen LogP contribution in [0.2, 0.25) is 0 Å². The number of carbonyl (C=O) groups is 2. The van der Waals surface area contributed by atoms with Gasteiger partial charge in [-0.3, -0.25) is 9.59 Å². The Hall–Kier alpha value is -2.77. The second-order valence-electron chi connectivity index (χ2n) is 8.77. The average molecular weight is 381 g/mol. The lowest BCUT2D eigenvalue weighted by Gasteiger charge is -2.60. The second kappa shape index (κ2) is 6.12. The molecular formula is C20H23N5O3. The Bertz CT molecular complexity index is 912. The molecule has 8 nitrogen and oxygen atoms in total. The number of benzene rings is 1. The number of ether oxygens (including phenoxy) is 1. The summed E-state index contributed by atoms with van der Waals surface area (Å²) in [6, 6.07) is 7.24. The minimum Gasteiger partial charge on any atom is -0.469 e. The summed E-state index contributed by atoms with van der Waals surface area (Å²) in [7, 11) is 1.47. The molecule has 4 aliphatic rings. The van der Waals surface area contributed by atoms with Crippen molar-refractivity contribution in [2.75, 3.05) is 7.11 Å². The van der Waals surface area contributed by atoms with E-state index < -0.39 is 5.41 Å². The first-order chi connectivity index (χ1) is 13.5. The molecule has 2 aromatic rings. The number of amides is 1. The Kier molecular flexibility index (Phi) is 3.79. The Labute approximate surface area is 162 Å². The van der Waals surface area contributed by atoms with Crippen molar-refractivity contribution in [2.45, 2.75) is 44.1 Å². The lowest BCUT2D eigenvalue weighted by Crippen LogP contribution is -2.64. The summed E-state index contributed by atoms with van der Waals surface area (Å²) in [4.78, 5) is 25.7. The Morgan fingerprint density at radius 3 is 2.68 bits per heavy atom. The van der Waals surface area contributed by atoms with E-state index >= 15 is 0 Å². The third kappa shape index (κ3) is 2.70. The van der Waals surface area contributed by atoms with Crippen LogP contribution in [0.4, 0.5) is 0 Å². The molecule has 4 saturated carbocycles. The molecule has 8 heteroatoms. The molecular weight excluding hydrogens is 358 g/mol. The molecule has 1 N–H and O–H groups in total. The van der Waals surface area contributed by atoms with Crippen LogP contribution < -0.4 is 5.32 Å². The fraction of sp³-hybridized carbons (Fsp3) is 0.550. The predicted octanol–water partition coefficient (Wildman–Crippen LogP) is 1.90. The normalized spacial score (nSPS) is 32.9. The number of hydrogen-bond acceptors (Lipinski definition) is 6. The van der Waals surface area contributed by atoms with Crippen LogP contribution in [0.15, 0.2) is 30.6 Å². The van der Waals surface area contributed by atoms with E-state index in [4.69, 9.17) is 4.74 Å². The number of carbonyl (C=O) groups excluding carboxylic acids is 2. The standard InChI is InChI=1S/C20H23N5O3/c1-28-18(27)19-7-13-5-14(8-19)10-20(9-13,11-19)22-17(26)15-3-2-4-16(6-15)25-12-21-23-24-25/h2-4,6,12-14H,5,7-11H2,1H3,(H,22,26)/t13-,14-,19?,20?/m1/s1. The molecule has 0 unspecified atom stereocenters. The molecule has 1 heterocycles. The van der Waals surface area contributed by atoms with E-state index in [0.29, 0.717) is 23.8 Å². The number of rotatable bonds is 4. The van der Waals surface area contributed by atoms with Crippen molar-refractivity contribution in [3.63, 3.8) is 0 Å². The zero-order valence-electron chi connectivity index (χ0n) is 15.8. The van der Waals surface area contributed by atoms with Gasteiger partial charge in [0.15, 0.2) is 0 Å². The van der Waals surface area contributed by atoms with E-state index in [1.54, 1.807) is 12.1 Å². The highest BCUT2D eigenvalue weighted by Gasteiger charge is 2.61. The van der Waals surface area contributed by atoms with Crippen molar-refractivity contribution < 1.29 is 14.3 Å². The van der Waals surface area contributed by atoms with E-state index in [-0.39, 0.29) is 17.4 Å². The van der Waals surface area contributed by atoms with E-state index in [1.165, 1.54) is 18.1 Å². The fourth-order valence-corrected chi connectivity index (χ4v) is 6.25. The largest absolute Gasteiger partial charge is 0.469 e. The number of tetrazole rings is 1. The quantitative estimate of drug-likeness (QED) is 0.812. The smallest absolute Gasteiger partial charge is 0.311 e. The van der Waals surface area contributed by atoms with E-state index in [0.717, 1.165) is 37.8 Å². The molecule has 4 fully saturated rings. The Morgan fingerprint density at radius 1 is 1.21 bits per heavy atom. The average Bonchev–Trinajstić information content (AvgIpc) is 3.21. The van der Waals surface area contributed by atoms with E-state index in [2.05, 4.69) is 20.8 Å². The van der Waals surface area contributed by atoms with Crippen molar-refractivity contribution in [2.24, 2.45) is 17.3 Å². The zero-order valence-corrected chi connectivity index (χ0v) is 15.8. The Morgan fingerprint density at radius 2 is 2.00 bits per heavy atom. The van der Waals surface area contributed by atoms with E-state index in [9.17, 15) is 9.59 Å². The van der Waals surface area contributed by atoms with E-state index in [1.807, 2.05) is 12.1 Å². The monoisotopic (exact) mass is 381 g/mol. The number of hydrogen-bond donors (Lipinski definition) is 1. The molecule has 6 rings (SSSR count). The van der Waals surface area contributed by atoms with Crippen LogP contribution >= 0.6 is 0 Å². The summed E-state index contributed by atoms with van der Waals surface area (Å²) in [5.41, 5.74) is 0.547. The molecule has 4 aliphatic carbocycles. The lowest BCUT2D eigenvalue weighted by atomic mass is 9.47. The highest BCUT2D eigenvalue weighted by Crippen LogP contribution is 2.62. The third-order valence-corrected chi connectivity index (χ3v) is 6.78. The molecule has 146 valence electrons. The first-order valence-corrected chi connectivity index (χ1v) is 9.75. The number of aromatic nitrogens is 4. The van der Waals surface area contributed by atoms with Gasteiger partial charge in [-0.15, -0.1) is 5.10 Å². The minimum absolute atomic E-state index is 0.110. The van der Waals surface area contributed by atoms with Crippen molar-refractivity contribution in [1.29, 1.82) is 0 Å². The zero-order chi connectivity index (χ0) is 19.4. The van der Waals surface area contributed by atoms with Gasteiger partial charge in [0, 0.05) is 11.1 Å². The van der Waals surface area contributed by atoms with Gasteiger partial charge in [0.2, 0.25) is 0 Å². The van der Waals surface area contributed by atoms with Crippen LogP contribution in [-0.4, -0.2) is 44.7 Å². The molecule has 1 amide bonds. The van der Waals surface area contributed by atoms with Crippen LogP contribution in [0.3, 0.4) is 0 Å². The fourth-order valence-electron chi connectivity index (χ4n) is 6.25. The van der Waals surface area contributed by atoms with Gasteiger partial charge in [0.25, 0.3) is 5.91 Å². The van der Waals surface area contributed by atoms with Crippen LogP contribution in [0.1, 0.15) is 48.9 Å². The summed E-state index contributed by atoms with van der Waals surface area (Å²) in [5.74, 6) is 0.735. The predicted molar refractivity (Wildman–Crippen MR) is 98.5 cm³/mol. The SMILES string of the molecule is COC(=O)C12C[C@H]3C[C@@H](CC(NC(=O)c4cccc(-n5cnnn5)c4)(C3)C1)C2. The van der Waals surface area contributed by atoms with Crippen molar-refractivity contribution in [1.82, 2.24) is 25.5 Å².